The largest absolute Gasteiger partial charge is 0.354 e. The van der Waals surface area contributed by atoms with E-state index in [0.29, 0.717) is 0 Å². The van der Waals surface area contributed by atoms with E-state index in [1.165, 1.54) is 11.3 Å². The van der Waals surface area contributed by atoms with Crippen molar-refractivity contribution in [2.24, 2.45) is 0 Å². The van der Waals surface area contributed by atoms with Crippen LogP contribution >= 0.6 is 0 Å². The molecule has 9 nitrogen and oxygen atoms in total. The van der Waals surface area contributed by atoms with Gasteiger partial charge in [-0.15, -0.1) is 0 Å². The first kappa shape index (κ1) is 39.6. The SMILES string of the molecule is C/C=C\C#CCC.C=C(C)c1c2nc(c(C3=C(C)CCC=CN3CC)c3ccc([nH]3)c(-c3nccn3CC)c3nc(c(-c4nccn4CC)c4ccc1[nH]4)C=C3)C=C2.[HH].[HH]. The van der Waals surface area contributed by atoms with Gasteiger partial charge >= 0.3 is 0 Å². The first-order valence-corrected chi connectivity index (χ1v) is 20.4. The zero-order valence-corrected chi connectivity index (χ0v) is 34.8. The molecule has 58 heavy (non-hydrogen) atoms. The number of aryl methyl sites for hydroxylation is 2. The van der Waals surface area contributed by atoms with Crippen molar-refractivity contribution in [2.45, 2.75) is 80.8 Å². The van der Waals surface area contributed by atoms with E-state index < -0.39 is 0 Å². The summed E-state index contributed by atoms with van der Waals surface area (Å²) < 4.78 is 4.32. The fourth-order valence-electron chi connectivity index (χ4n) is 7.76. The number of imidazole rings is 2. The first-order chi connectivity index (χ1) is 28.3. The molecule has 5 aromatic rings. The molecule has 298 valence electrons. The average Bonchev–Trinajstić information content (AvgIpc) is 4.08. The van der Waals surface area contributed by atoms with E-state index in [-0.39, 0.29) is 2.85 Å². The third-order valence-electron chi connectivity index (χ3n) is 10.5. The van der Waals surface area contributed by atoms with E-state index >= 15 is 0 Å². The third-order valence-corrected chi connectivity index (χ3v) is 10.5. The number of aromatic nitrogens is 8. The van der Waals surface area contributed by atoms with E-state index in [1.807, 2.05) is 57.7 Å². The van der Waals surface area contributed by atoms with E-state index in [1.54, 1.807) is 0 Å². The van der Waals surface area contributed by atoms with Crippen LogP contribution in [0.1, 0.15) is 104 Å². The minimum atomic E-state index is 0. The molecule has 0 saturated carbocycles. The Hall–Kier alpha value is -6.66. The summed E-state index contributed by atoms with van der Waals surface area (Å²) in [5, 5.41) is 0. The number of H-pyrrole nitrogens is 2. The fourth-order valence-corrected chi connectivity index (χ4v) is 7.76. The smallest absolute Gasteiger partial charge is 0.144 e. The number of hydrogen-bond donors (Lipinski definition) is 2. The van der Waals surface area contributed by atoms with Crippen molar-refractivity contribution in [1.82, 2.24) is 43.9 Å². The van der Waals surface area contributed by atoms with Crippen LogP contribution < -0.4 is 0 Å². The number of hydrogen-bond acceptors (Lipinski definition) is 5. The van der Waals surface area contributed by atoms with Gasteiger partial charge in [-0.1, -0.05) is 37.5 Å². The van der Waals surface area contributed by atoms with Gasteiger partial charge in [0.2, 0.25) is 0 Å². The van der Waals surface area contributed by atoms with Gasteiger partial charge in [-0.2, -0.15) is 0 Å². The third kappa shape index (κ3) is 7.70. The molecule has 5 aromatic heterocycles. The summed E-state index contributed by atoms with van der Waals surface area (Å²) in [5.74, 6) is 7.47. The zero-order chi connectivity index (χ0) is 40.8. The molecule has 2 N–H and O–H groups in total. The van der Waals surface area contributed by atoms with Crippen molar-refractivity contribution in [1.29, 1.82) is 0 Å². The van der Waals surface area contributed by atoms with Crippen LogP contribution in [0.25, 0.3) is 80.4 Å². The highest BCUT2D eigenvalue weighted by Gasteiger charge is 2.24. The molecule has 0 aromatic carbocycles. The normalized spacial score (nSPS) is 13.5. The van der Waals surface area contributed by atoms with E-state index in [2.05, 4.69) is 131 Å². The van der Waals surface area contributed by atoms with Gasteiger partial charge in [-0.05, 0) is 120 Å². The van der Waals surface area contributed by atoms with Crippen LogP contribution in [0, 0.1) is 11.8 Å². The van der Waals surface area contributed by atoms with Gasteiger partial charge < -0.3 is 24.0 Å². The summed E-state index contributed by atoms with van der Waals surface area (Å²) in [5.41, 5.74) is 14.5. The van der Waals surface area contributed by atoms with E-state index in [9.17, 15) is 0 Å². The molecule has 9 heteroatoms. The molecule has 8 rings (SSSR count). The molecular weight excluding hydrogens is 715 g/mol. The van der Waals surface area contributed by atoms with Crippen LogP contribution in [0.15, 0.2) is 85.6 Å². The highest BCUT2D eigenvalue weighted by Crippen LogP contribution is 2.38. The maximum atomic E-state index is 5.39. The van der Waals surface area contributed by atoms with Crippen LogP contribution in [0.3, 0.4) is 0 Å². The second kappa shape index (κ2) is 17.6. The minimum absolute atomic E-state index is 0. The van der Waals surface area contributed by atoms with Crippen LogP contribution in [-0.4, -0.2) is 50.5 Å². The number of aromatic amines is 2. The lowest BCUT2D eigenvalue weighted by Gasteiger charge is -2.24. The number of nitrogens with one attached hydrogen (secondary N) is 2. The van der Waals surface area contributed by atoms with Gasteiger partial charge in [0, 0.05) is 76.5 Å². The van der Waals surface area contributed by atoms with Gasteiger partial charge in [-0.3, -0.25) is 0 Å². The molecule has 0 saturated heterocycles. The Morgan fingerprint density at radius 1 is 0.776 bits per heavy atom. The van der Waals surface area contributed by atoms with Crippen molar-refractivity contribution >= 4 is 57.6 Å². The second-order valence-corrected chi connectivity index (χ2v) is 14.4. The number of nitrogens with zero attached hydrogens (tertiary/aromatic N) is 7. The van der Waals surface area contributed by atoms with Gasteiger partial charge in [-0.25, -0.2) is 19.9 Å². The van der Waals surface area contributed by atoms with Gasteiger partial charge in [0.05, 0.1) is 56.1 Å². The summed E-state index contributed by atoms with van der Waals surface area (Å²) in [7, 11) is 0. The predicted molar refractivity (Wildman–Crippen MR) is 248 cm³/mol. The van der Waals surface area contributed by atoms with Crippen LogP contribution in [0.2, 0.25) is 0 Å². The number of fused-ring (bicyclic) bond motifs is 8. The maximum absolute atomic E-state index is 5.39. The molecular formula is C49H57N9. The van der Waals surface area contributed by atoms with Gasteiger partial charge in [0.1, 0.15) is 11.6 Å². The van der Waals surface area contributed by atoms with Crippen LogP contribution in [0.4, 0.5) is 0 Å². The lowest BCUT2D eigenvalue weighted by atomic mass is 10.0. The summed E-state index contributed by atoms with van der Waals surface area (Å²) in [6.07, 6.45) is 27.4. The first-order valence-electron chi connectivity index (χ1n) is 20.4. The highest BCUT2D eigenvalue weighted by atomic mass is 15.1. The Balaban J connectivity index is 0.000000699. The predicted octanol–water partition coefficient (Wildman–Crippen LogP) is 12.3. The molecule has 0 radical (unpaired) electrons. The Morgan fingerprint density at radius 2 is 1.31 bits per heavy atom. The standard InChI is InChI=1S/C42H43N9.C7H10.2H2/c1-7-49-23-11-10-12-27(6)40(49)37-30-15-13-28(45-30)36(26(4)5)29-14-17-32(46-29)38(41-43-21-24-50(41)8-2)34-19-20-35(48-34)39(33-18-16-31(37)47-33)42-44-22-25-51(42)9-3;1-3-5-7-6-4-2;;/h11,13-25,46-47H,4,7-10,12H2,1-3,5-6H3;3,5H,4H2,1-2H3;2*1H/b;5-3-;;. The quantitative estimate of drug-likeness (QED) is 0.157. The fraction of sp³-hybridized carbons (Fsp3) is 0.265. The Morgan fingerprint density at radius 3 is 1.86 bits per heavy atom. The van der Waals surface area contributed by atoms with Crippen molar-refractivity contribution in [2.75, 3.05) is 6.54 Å². The van der Waals surface area contributed by atoms with Crippen molar-refractivity contribution in [3.8, 4) is 34.6 Å². The van der Waals surface area contributed by atoms with Crippen molar-refractivity contribution in [3.05, 3.63) is 120 Å². The van der Waals surface area contributed by atoms with E-state index in [4.69, 9.17) is 19.9 Å². The van der Waals surface area contributed by atoms with Gasteiger partial charge in [0.15, 0.2) is 0 Å². The van der Waals surface area contributed by atoms with Gasteiger partial charge in [0.25, 0.3) is 0 Å². The maximum Gasteiger partial charge on any atom is 0.144 e. The molecule has 3 aliphatic heterocycles. The number of allylic oxidation sites excluding steroid dienone is 5. The van der Waals surface area contributed by atoms with Crippen molar-refractivity contribution < 1.29 is 2.85 Å². The minimum Gasteiger partial charge on any atom is -0.354 e. The summed E-state index contributed by atoms with van der Waals surface area (Å²) >= 11 is 0. The van der Waals surface area contributed by atoms with Crippen LogP contribution in [0.5, 0.6) is 0 Å². The van der Waals surface area contributed by atoms with Crippen LogP contribution in [-0.2, 0) is 13.1 Å². The van der Waals surface area contributed by atoms with E-state index in [0.717, 1.165) is 123 Å². The lowest BCUT2D eigenvalue weighted by Crippen LogP contribution is -2.16. The monoisotopic (exact) mass is 771 g/mol. The Bertz CT molecular complexity index is 2750. The molecule has 8 heterocycles. The highest BCUT2D eigenvalue weighted by molar-refractivity contribution is 5.97. The second-order valence-electron chi connectivity index (χ2n) is 14.4. The molecule has 3 aliphatic rings. The molecule has 0 unspecified atom stereocenters. The zero-order valence-electron chi connectivity index (χ0n) is 34.8. The Labute approximate surface area is 345 Å². The average molecular weight is 772 g/mol. The molecule has 0 aliphatic carbocycles. The number of rotatable bonds is 7. The molecule has 0 atom stereocenters. The molecule has 0 amide bonds. The van der Waals surface area contributed by atoms with Crippen molar-refractivity contribution in [3.63, 3.8) is 0 Å². The molecule has 0 spiro atoms. The summed E-state index contributed by atoms with van der Waals surface area (Å²) in [6, 6.07) is 8.57. The summed E-state index contributed by atoms with van der Waals surface area (Å²) in [6.45, 7) is 21.6. The topological polar surface area (TPSA) is 96.2 Å². The Kier molecular flexibility index (Phi) is 12.0. The lowest BCUT2D eigenvalue weighted by molar-refractivity contribution is 0.560. The summed E-state index contributed by atoms with van der Waals surface area (Å²) in [4.78, 5) is 30.4. The molecule has 0 fully saturated rings. The molecule has 8 bridgehead atoms.